The summed E-state index contributed by atoms with van der Waals surface area (Å²) in [5, 5.41) is 3.96. The Morgan fingerprint density at radius 2 is 1.81 bits per heavy atom. The third kappa shape index (κ3) is 4.26. The van der Waals surface area contributed by atoms with Crippen molar-refractivity contribution >= 4 is 12.1 Å². The van der Waals surface area contributed by atoms with Crippen LogP contribution in [0.2, 0.25) is 0 Å². The monoisotopic (exact) mass is 282 g/mol. The van der Waals surface area contributed by atoms with Gasteiger partial charge in [-0.15, -0.1) is 0 Å². The van der Waals surface area contributed by atoms with Crippen LogP contribution in [0.15, 0.2) is 59.7 Å². The van der Waals surface area contributed by atoms with Crippen molar-refractivity contribution in [3.05, 3.63) is 71.3 Å². The molecule has 4 heteroatoms. The minimum absolute atomic E-state index is 0.299. The number of ether oxygens (including phenoxy) is 1. The number of carbonyl (C=O) groups excluding carboxylic acids is 1. The number of amides is 1. The smallest absolute Gasteiger partial charge is 0.273 e. The van der Waals surface area contributed by atoms with Gasteiger partial charge in [0.15, 0.2) is 6.10 Å². The van der Waals surface area contributed by atoms with E-state index in [1.165, 1.54) is 12.7 Å². The summed E-state index contributed by atoms with van der Waals surface area (Å²) < 4.78 is 5.23. The minimum atomic E-state index is -0.665. The van der Waals surface area contributed by atoms with Gasteiger partial charge in [0.05, 0.1) is 6.21 Å². The summed E-state index contributed by atoms with van der Waals surface area (Å²) >= 11 is 0. The van der Waals surface area contributed by atoms with Crippen molar-refractivity contribution in [1.29, 1.82) is 0 Å². The number of hydrogen-bond donors (Lipinski definition) is 1. The summed E-state index contributed by atoms with van der Waals surface area (Å²) in [6, 6.07) is 17.2. The molecule has 1 amide bonds. The van der Waals surface area contributed by atoms with Gasteiger partial charge in [-0.2, -0.15) is 5.10 Å². The van der Waals surface area contributed by atoms with Gasteiger partial charge in [-0.05, 0) is 18.1 Å². The quantitative estimate of drug-likeness (QED) is 0.677. The number of methoxy groups -OCH3 is 1. The molecule has 0 aliphatic rings. The van der Waals surface area contributed by atoms with Crippen LogP contribution in [0, 0.1) is 6.92 Å². The second-order valence-corrected chi connectivity index (χ2v) is 4.67. The number of benzene rings is 2. The first kappa shape index (κ1) is 14.9. The molecule has 1 N–H and O–H groups in total. The van der Waals surface area contributed by atoms with Crippen LogP contribution in [0.3, 0.4) is 0 Å². The van der Waals surface area contributed by atoms with Crippen LogP contribution in [0.5, 0.6) is 0 Å². The van der Waals surface area contributed by atoms with Gasteiger partial charge in [0, 0.05) is 7.11 Å². The number of aryl methyl sites for hydroxylation is 1. The second kappa shape index (κ2) is 7.36. The molecule has 0 aliphatic heterocycles. The van der Waals surface area contributed by atoms with Crippen LogP contribution >= 0.6 is 0 Å². The lowest BCUT2D eigenvalue weighted by molar-refractivity contribution is -0.131. The lowest BCUT2D eigenvalue weighted by Gasteiger charge is -2.13. The third-order valence-electron chi connectivity index (χ3n) is 3.04. The summed E-state index contributed by atoms with van der Waals surface area (Å²) in [6.45, 7) is 2.02. The molecule has 0 bridgehead atoms. The van der Waals surface area contributed by atoms with E-state index in [4.69, 9.17) is 4.74 Å². The average Bonchev–Trinajstić information content (AvgIpc) is 2.51. The Balaban J connectivity index is 1.98. The molecule has 1 atom stereocenters. The Labute approximate surface area is 124 Å². The fourth-order valence-corrected chi connectivity index (χ4v) is 1.90. The minimum Gasteiger partial charge on any atom is -0.367 e. The van der Waals surface area contributed by atoms with Crippen molar-refractivity contribution in [2.24, 2.45) is 5.10 Å². The van der Waals surface area contributed by atoms with Gasteiger partial charge in [-0.25, -0.2) is 5.43 Å². The van der Waals surface area contributed by atoms with E-state index in [9.17, 15) is 4.79 Å². The number of hydrogen-bond acceptors (Lipinski definition) is 3. The van der Waals surface area contributed by atoms with Gasteiger partial charge in [0.2, 0.25) is 0 Å². The lowest BCUT2D eigenvalue weighted by Crippen LogP contribution is -2.26. The van der Waals surface area contributed by atoms with Gasteiger partial charge in [0.1, 0.15) is 0 Å². The summed E-state index contributed by atoms with van der Waals surface area (Å²) in [6.07, 6.45) is 0.941. The number of rotatable bonds is 5. The zero-order valence-electron chi connectivity index (χ0n) is 12.1. The fraction of sp³-hybridized carbons (Fsp3) is 0.176. The molecule has 0 fully saturated rings. The van der Waals surface area contributed by atoms with Gasteiger partial charge in [-0.3, -0.25) is 4.79 Å². The summed E-state index contributed by atoms with van der Waals surface area (Å²) in [5.74, 6) is -0.299. The third-order valence-corrected chi connectivity index (χ3v) is 3.04. The molecule has 2 aromatic carbocycles. The average molecular weight is 282 g/mol. The van der Waals surface area contributed by atoms with Gasteiger partial charge >= 0.3 is 0 Å². The number of carbonyl (C=O) groups is 1. The van der Waals surface area contributed by atoms with Crippen molar-refractivity contribution in [1.82, 2.24) is 5.43 Å². The topological polar surface area (TPSA) is 50.7 Å². The largest absolute Gasteiger partial charge is 0.367 e. The highest BCUT2D eigenvalue weighted by atomic mass is 16.5. The first-order chi connectivity index (χ1) is 10.2. The summed E-state index contributed by atoms with van der Waals surface area (Å²) in [5.41, 5.74) is 5.40. The van der Waals surface area contributed by atoms with Crippen molar-refractivity contribution in [3.8, 4) is 0 Å². The first-order valence-electron chi connectivity index (χ1n) is 6.68. The number of hydrazone groups is 1. The maximum absolute atomic E-state index is 12.1. The van der Waals surface area contributed by atoms with Gasteiger partial charge in [-0.1, -0.05) is 60.2 Å². The molecule has 21 heavy (non-hydrogen) atoms. The zero-order valence-corrected chi connectivity index (χ0v) is 12.1. The molecule has 0 unspecified atom stereocenters. The highest BCUT2D eigenvalue weighted by Crippen LogP contribution is 2.15. The van der Waals surface area contributed by atoms with E-state index in [1.54, 1.807) is 6.21 Å². The molecule has 4 nitrogen and oxygen atoms in total. The Morgan fingerprint density at radius 1 is 1.14 bits per heavy atom. The van der Waals surface area contributed by atoms with Crippen molar-refractivity contribution in [2.75, 3.05) is 7.11 Å². The lowest BCUT2D eigenvalue weighted by atomic mass is 10.1. The summed E-state index contributed by atoms with van der Waals surface area (Å²) in [7, 11) is 1.50. The zero-order chi connectivity index (χ0) is 15.1. The Hall–Kier alpha value is -2.46. The summed E-state index contributed by atoms with van der Waals surface area (Å²) in [4.78, 5) is 12.1. The Morgan fingerprint density at radius 3 is 2.43 bits per heavy atom. The van der Waals surface area contributed by atoms with Crippen molar-refractivity contribution in [2.45, 2.75) is 13.0 Å². The van der Waals surface area contributed by atoms with E-state index in [2.05, 4.69) is 10.5 Å². The molecule has 0 saturated carbocycles. The van der Waals surface area contributed by atoms with E-state index >= 15 is 0 Å². The molecule has 0 radical (unpaired) electrons. The van der Waals surface area contributed by atoms with Crippen molar-refractivity contribution in [3.63, 3.8) is 0 Å². The second-order valence-electron chi connectivity index (χ2n) is 4.67. The van der Waals surface area contributed by atoms with E-state index in [0.29, 0.717) is 0 Å². The standard InChI is InChI=1S/C17H18N2O2/c1-13-8-10-14(11-9-13)12-18-19-17(20)16(21-2)15-6-4-3-5-7-15/h3-12,16H,1-2H3,(H,19,20)/b18-12-/t16-/m0/s1. The highest BCUT2D eigenvalue weighted by molar-refractivity contribution is 5.85. The van der Waals surface area contributed by atoms with Crippen LogP contribution in [0.25, 0.3) is 0 Å². The first-order valence-corrected chi connectivity index (χ1v) is 6.68. The fourth-order valence-electron chi connectivity index (χ4n) is 1.90. The number of nitrogens with one attached hydrogen (secondary N) is 1. The maximum atomic E-state index is 12.1. The van der Waals surface area contributed by atoms with Crippen LogP contribution in [0.1, 0.15) is 22.8 Å². The predicted molar refractivity (Wildman–Crippen MR) is 83.1 cm³/mol. The number of nitrogens with zero attached hydrogens (tertiary/aromatic N) is 1. The molecular weight excluding hydrogens is 264 g/mol. The molecule has 0 aliphatic carbocycles. The van der Waals surface area contributed by atoms with E-state index in [0.717, 1.165) is 11.1 Å². The molecule has 108 valence electrons. The molecule has 2 rings (SSSR count). The molecule has 2 aromatic rings. The SMILES string of the molecule is CO[C@H](C(=O)N/N=C\c1ccc(C)cc1)c1ccccc1. The Kier molecular flexibility index (Phi) is 5.23. The van der Waals surface area contributed by atoms with E-state index < -0.39 is 6.10 Å². The highest BCUT2D eigenvalue weighted by Gasteiger charge is 2.18. The Bertz CT molecular complexity index is 606. The molecule has 0 heterocycles. The predicted octanol–water partition coefficient (Wildman–Crippen LogP) is 2.83. The molecule has 0 spiro atoms. The van der Waals surface area contributed by atoms with Crippen LogP contribution in [-0.2, 0) is 9.53 Å². The molecular formula is C17H18N2O2. The molecule has 0 aromatic heterocycles. The normalized spacial score (nSPS) is 12.3. The molecule has 0 saturated heterocycles. The van der Waals surface area contributed by atoms with Crippen molar-refractivity contribution < 1.29 is 9.53 Å². The van der Waals surface area contributed by atoms with E-state index in [-0.39, 0.29) is 5.91 Å². The van der Waals surface area contributed by atoms with Gasteiger partial charge in [0.25, 0.3) is 5.91 Å². The van der Waals surface area contributed by atoms with Crippen LogP contribution < -0.4 is 5.43 Å². The van der Waals surface area contributed by atoms with Crippen LogP contribution in [-0.4, -0.2) is 19.2 Å². The van der Waals surface area contributed by atoms with E-state index in [1.807, 2.05) is 61.5 Å². The maximum Gasteiger partial charge on any atom is 0.273 e. The van der Waals surface area contributed by atoms with Gasteiger partial charge < -0.3 is 4.74 Å². The van der Waals surface area contributed by atoms with Crippen LogP contribution in [0.4, 0.5) is 0 Å².